The first-order valence-electron chi connectivity index (χ1n) is 6.72. The SMILES string of the molecule is O=C(O)[C@H]1CCCCN1C(=O)[C@@H]1C[C@@H]1C1CC1. The minimum absolute atomic E-state index is 0.119. The van der Waals surface area contributed by atoms with Gasteiger partial charge in [0.15, 0.2) is 0 Å². The van der Waals surface area contributed by atoms with Gasteiger partial charge in [-0.15, -0.1) is 0 Å². The normalized spacial score (nSPS) is 36.7. The molecule has 0 bridgehead atoms. The summed E-state index contributed by atoms with van der Waals surface area (Å²) in [5, 5.41) is 9.15. The van der Waals surface area contributed by atoms with Crippen LogP contribution < -0.4 is 0 Å². The van der Waals surface area contributed by atoms with Crippen molar-refractivity contribution in [2.45, 2.75) is 44.6 Å². The van der Waals surface area contributed by atoms with Gasteiger partial charge in [-0.3, -0.25) is 4.79 Å². The number of hydrogen-bond acceptors (Lipinski definition) is 2. The molecule has 0 radical (unpaired) electrons. The number of nitrogens with zero attached hydrogens (tertiary/aromatic N) is 1. The Labute approximate surface area is 101 Å². The van der Waals surface area contributed by atoms with Gasteiger partial charge in [0.25, 0.3) is 0 Å². The number of rotatable bonds is 3. The quantitative estimate of drug-likeness (QED) is 0.809. The Kier molecular flexibility index (Phi) is 2.60. The molecule has 3 rings (SSSR count). The number of carbonyl (C=O) groups is 2. The number of aliphatic carboxylic acids is 1. The molecule has 4 nitrogen and oxygen atoms in total. The number of hydrogen-bond donors (Lipinski definition) is 1. The van der Waals surface area contributed by atoms with Gasteiger partial charge >= 0.3 is 5.97 Å². The van der Waals surface area contributed by atoms with Crippen molar-refractivity contribution in [3.63, 3.8) is 0 Å². The van der Waals surface area contributed by atoms with Gasteiger partial charge in [-0.25, -0.2) is 4.79 Å². The number of carboxylic acid groups (broad SMARTS) is 1. The summed E-state index contributed by atoms with van der Waals surface area (Å²) in [6, 6.07) is -0.559. The van der Waals surface area contributed by atoms with Crippen molar-refractivity contribution in [2.75, 3.05) is 6.54 Å². The molecular formula is C13H19NO3. The Bertz CT molecular complexity index is 351. The van der Waals surface area contributed by atoms with Crippen LogP contribution in [0.15, 0.2) is 0 Å². The molecule has 1 saturated heterocycles. The summed E-state index contributed by atoms with van der Waals surface area (Å²) in [4.78, 5) is 25.1. The lowest BCUT2D eigenvalue weighted by atomic mass is 10.0. The Hall–Kier alpha value is -1.06. The number of carboxylic acids is 1. The smallest absolute Gasteiger partial charge is 0.326 e. The van der Waals surface area contributed by atoms with Gasteiger partial charge in [-0.2, -0.15) is 0 Å². The molecule has 0 unspecified atom stereocenters. The second-order valence-corrected chi connectivity index (χ2v) is 5.72. The highest BCUT2D eigenvalue weighted by Crippen LogP contribution is 2.55. The van der Waals surface area contributed by atoms with Crippen LogP contribution in [0.4, 0.5) is 0 Å². The van der Waals surface area contributed by atoms with E-state index in [1.807, 2.05) is 0 Å². The monoisotopic (exact) mass is 237 g/mol. The zero-order valence-electron chi connectivity index (χ0n) is 9.97. The second-order valence-electron chi connectivity index (χ2n) is 5.72. The first-order valence-corrected chi connectivity index (χ1v) is 6.72. The molecule has 2 aliphatic carbocycles. The summed E-state index contributed by atoms with van der Waals surface area (Å²) in [5.41, 5.74) is 0. The van der Waals surface area contributed by atoms with Crippen LogP contribution in [0.1, 0.15) is 38.5 Å². The molecule has 1 heterocycles. The van der Waals surface area contributed by atoms with Crippen molar-refractivity contribution in [1.82, 2.24) is 4.90 Å². The molecule has 1 amide bonds. The van der Waals surface area contributed by atoms with Crippen molar-refractivity contribution in [3.8, 4) is 0 Å². The van der Waals surface area contributed by atoms with E-state index in [2.05, 4.69) is 0 Å². The first kappa shape index (κ1) is 11.1. The van der Waals surface area contributed by atoms with E-state index in [0.717, 1.165) is 25.2 Å². The lowest BCUT2D eigenvalue weighted by molar-refractivity contribution is -0.152. The Morgan fingerprint density at radius 3 is 2.53 bits per heavy atom. The highest BCUT2D eigenvalue weighted by molar-refractivity contribution is 5.87. The van der Waals surface area contributed by atoms with Crippen LogP contribution in [-0.2, 0) is 9.59 Å². The minimum atomic E-state index is -0.832. The van der Waals surface area contributed by atoms with E-state index < -0.39 is 12.0 Å². The van der Waals surface area contributed by atoms with Gasteiger partial charge in [-0.1, -0.05) is 0 Å². The zero-order chi connectivity index (χ0) is 12.0. The number of carbonyl (C=O) groups excluding carboxylic acids is 1. The predicted molar refractivity (Wildman–Crippen MR) is 61.3 cm³/mol. The maximum Gasteiger partial charge on any atom is 0.326 e. The standard InChI is InChI=1S/C13H19NO3/c15-12(10-7-9(10)8-4-5-8)14-6-2-1-3-11(14)13(16)17/h8-11H,1-7H2,(H,16,17)/t9-,10-,11-/m1/s1. The Balaban J connectivity index is 1.65. The molecule has 3 atom stereocenters. The molecule has 4 heteroatoms. The largest absolute Gasteiger partial charge is 0.480 e. The van der Waals surface area contributed by atoms with Gasteiger partial charge in [-0.05, 0) is 50.4 Å². The third-order valence-corrected chi connectivity index (χ3v) is 4.46. The Morgan fingerprint density at radius 1 is 1.12 bits per heavy atom. The van der Waals surface area contributed by atoms with Crippen LogP contribution in [0.3, 0.4) is 0 Å². The summed E-state index contributed by atoms with van der Waals surface area (Å²) < 4.78 is 0. The van der Waals surface area contributed by atoms with E-state index in [4.69, 9.17) is 5.11 Å². The maximum absolute atomic E-state index is 12.3. The molecule has 94 valence electrons. The van der Waals surface area contributed by atoms with E-state index in [1.54, 1.807) is 4.90 Å². The van der Waals surface area contributed by atoms with Crippen LogP contribution in [0.5, 0.6) is 0 Å². The van der Waals surface area contributed by atoms with Gasteiger partial charge in [0.2, 0.25) is 5.91 Å². The molecule has 1 N–H and O–H groups in total. The van der Waals surface area contributed by atoms with Crippen molar-refractivity contribution in [3.05, 3.63) is 0 Å². The molecule has 0 aromatic carbocycles. The predicted octanol–water partition coefficient (Wildman–Crippen LogP) is 1.50. The average Bonchev–Trinajstić information content (AvgIpc) is 3.15. The molecule has 3 aliphatic rings. The summed E-state index contributed by atoms with van der Waals surface area (Å²) >= 11 is 0. The molecule has 0 aromatic rings. The van der Waals surface area contributed by atoms with E-state index in [9.17, 15) is 9.59 Å². The molecule has 1 aliphatic heterocycles. The van der Waals surface area contributed by atoms with Gasteiger partial charge in [0, 0.05) is 12.5 Å². The fourth-order valence-electron chi connectivity index (χ4n) is 3.21. The van der Waals surface area contributed by atoms with Gasteiger partial charge < -0.3 is 10.0 Å². The first-order chi connectivity index (χ1) is 8.18. The topological polar surface area (TPSA) is 57.6 Å². The molecule has 0 aromatic heterocycles. The molecule has 17 heavy (non-hydrogen) atoms. The number of piperidine rings is 1. The molecule has 2 saturated carbocycles. The van der Waals surface area contributed by atoms with E-state index in [1.165, 1.54) is 12.8 Å². The van der Waals surface area contributed by atoms with Gasteiger partial charge in [0.1, 0.15) is 6.04 Å². The lowest BCUT2D eigenvalue weighted by Crippen LogP contribution is -2.48. The summed E-state index contributed by atoms with van der Waals surface area (Å²) in [6.45, 7) is 0.643. The van der Waals surface area contributed by atoms with Gasteiger partial charge in [0.05, 0.1) is 0 Å². The third-order valence-electron chi connectivity index (χ3n) is 4.46. The van der Waals surface area contributed by atoms with Crippen LogP contribution >= 0.6 is 0 Å². The number of amides is 1. The number of likely N-dealkylation sites (tertiary alicyclic amines) is 1. The van der Waals surface area contributed by atoms with Crippen molar-refractivity contribution in [1.29, 1.82) is 0 Å². The van der Waals surface area contributed by atoms with Crippen LogP contribution in [0.2, 0.25) is 0 Å². The Morgan fingerprint density at radius 2 is 1.88 bits per heavy atom. The van der Waals surface area contributed by atoms with E-state index in [-0.39, 0.29) is 11.8 Å². The van der Waals surface area contributed by atoms with Crippen LogP contribution in [0, 0.1) is 17.8 Å². The summed E-state index contributed by atoms with van der Waals surface area (Å²) in [7, 11) is 0. The molecule has 0 spiro atoms. The molecule has 3 fully saturated rings. The highest BCUT2D eigenvalue weighted by Gasteiger charge is 2.53. The van der Waals surface area contributed by atoms with Crippen molar-refractivity contribution in [2.24, 2.45) is 17.8 Å². The van der Waals surface area contributed by atoms with E-state index >= 15 is 0 Å². The van der Waals surface area contributed by atoms with Crippen LogP contribution in [-0.4, -0.2) is 34.5 Å². The summed E-state index contributed by atoms with van der Waals surface area (Å²) in [5.74, 6) is 0.800. The average molecular weight is 237 g/mol. The summed E-state index contributed by atoms with van der Waals surface area (Å²) in [6.07, 6.45) is 6.07. The maximum atomic E-state index is 12.3. The van der Waals surface area contributed by atoms with E-state index in [0.29, 0.717) is 18.9 Å². The van der Waals surface area contributed by atoms with Crippen molar-refractivity contribution >= 4 is 11.9 Å². The minimum Gasteiger partial charge on any atom is -0.480 e. The fourth-order valence-corrected chi connectivity index (χ4v) is 3.21. The highest BCUT2D eigenvalue weighted by atomic mass is 16.4. The second kappa shape index (κ2) is 4.00. The van der Waals surface area contributed by atoms with Crippen LogP contribution in [0.25, 0.3) is 0 Å². The molecular weight excluding hydrogens is 218 g/mol. The fraction of sp³-hybridized carbons (Fsp3) is 0.846. The third kappa shape index (κ3) is 2.05. The van der Waals surface area contributed by atoms with Crippen molar-refractivity contribution < 1.29 is 14.7 Å². The zero-order valence-corrected chi connectivity index (χ0v) is 9.97. The lowest BCUT2D eigenvalue weighted by Gasteiger charge is -2.33.